The number of pyridine rings is 2. The maximum Gasteiger partial charge on any atom is 0.434 e. The molecule has 3 rings (SSSR count). The first-order valence-electron chi connectivity index (χ1n) is 7.44. The van der Waals surface area contributed by atoms with Gasteiger partial charge >= 0.3 is 12.4 Å². The number of nitrogens with zero attached hydrogens (tertiary/aromatic N) is 4. The molecule has 0 unspecified atom stereocenters. The molecule has 0 aromatic carbocycles. The highest BCUT2D eigenvalue weighted by Gasteiger charge is 2.38. The van der Waals surface area contributed by atoms with Crippen LogP contribution in [0.25, 0.3) is 16.7 Å². The molecule has 0 fully saturated rings. The Kier molecular flexibility index (Phi) is 4.86. The number of fused-ring (bicyclic) bond motifs is 1. The first kappa shape index (κ1) is 20.1. The van der Waals surface area contributed by atoms with Gasteiger partial charge in [0.15, 0.2) is 11.5 Å². The van der Waals surface area contributed by atoms with Crippen molar-refractivity contribution in [1.82, 2.24) is 19.7 Å². The summed E-state index contributed by atoms with van der Waals surface area (Å²) in [5, 5.41) is 5.40. The molecule has 3 aromatic heterocycles. The van der Waals surface area contributed by atoms with Crippen LogP contribution in [0.2, 0.25) is 5.02 Å². The molecule has 0 aliphatic heterocycles. The van der Waals surface area contributed by atoms with Crippen molar-refractivity contribution in [3.05, 3.63) is 40.3 Å². The third-order valence-corrected chi connectivity index (χ3v) is 3.98. The Bertz CT molecular complexity index is 1040. The van der Waals surface area contributed by atoms with Gasteiger partial charge in [-0.25, -0.2) is 14.4 Å². The third kappa shape index (κ3) is 3.43. The van der Waals surface area contributed by atoms with Crippen LogP contribution in [0.1, 0.15) is 17.0 Å². The van der Waals surface area contributed by atoms with Gasteiger partial charge in [0.1, 0.15) is 12.5 Å². The second kappa shape index (κ2) is 6.76. The van der Waals surface area contributed by atoms with Crippen molar-refractivity contribution >= 4 is 28.3 Å². The van der Waals surface area contributed by atoms with Gasteiger partial charge in [-0.05, 0) is 12.1 Å². The smallest absolute Gasteiger partial charge is 0.372 e. The van der Waals surface area contributed by atoms with E-state index in [0.717, 1.165) is 10.7 Å². The molecule has 13 heteroatoms. The molecule has 3 aromatic rings. The van der Waals surface area contributed by atoms with Gasteiger partial charge < -0.3 is 5.32 Å². The Hall–Kier alpha value is -2.63. The van der Waals surface area contributed by atoms with Gasteiger partial charge in [-0.1, -0.05) is 11.6 Å². The van der Waals surface area contributed by atoms with Crippen LogP contribution in [-0.4, -0.2) is 26.8 Å². The van der Waals surface area contributed by atoms with Crippen LogP contribution < -0.4 is 5.32 Å². The molecule has 0 amide bonds. The molecule has 0 bridgehead atoms. The third-order valence-electron chi connectivity index (χ3n) is 3.70. The summed E-state index contributed by atoms with van der Waals surface area (Å²) in [4.78, 5) is 6.87. The Morgan fingerprint density at radius 3 is 2.29 bits per heavy atom. The summed E-state index contributed by atoms with van der Waals surface area (Å²) in [6, 6.07) is 1.57. The minimum Gasteiger partial charge on any atom is -0.372 e. The molecule has 0 saturated carbocycles. The SMILES string of the molecule is CNc1c2c(C(F)(F)F)nc(CF)cc2nn1-c1ncc(C(F)(F)F)cc1Cl. The highest BCUT2D eigenvalue weighted by Crippen LogP contribution is 2.39. The van der Waals surface area contributed by atoms with Crippen LogP contribution in [0.4, 0.5) is 36.6 Å². The van der Waals surface area contributed by atoms with E-state index >= 15 is 0 Å². The fraction of sp³-hybridized carbons (Fsp3) is 0.267. The minimum absolute atomic E-state index is 0.269. The number of alkyl halides is 7. The lowest BCUT2D eigenvalue weighted by molar-refractivity contribution is -0.140. The quantitative estimate of drug-likeness (QED) is 0.596. The van der Waals surface area contributed by atoms with E-state index in [9.17, 15) is 30.7 Å². The predicted molar refractivity (Wildman–Crippen MR) is 86.0 cm³/mol. The summed E-state index contributed by atoms with van der Waals surface area (Å²) in [6.07, 6.45) is -9.16. The number of rotatable bonds is 3. The summed E-state index contributed by atoms with van der Waals surface area (Å²) in [6.45, 7) is -1.26. The molecular weight excluding hydrogens is 419 g/mol. The molecule has 1 N–H and O–H groups in total. The minimum atomic E-state index is -4.93. The molecule has 0 aliphatic rings. The number of hydrogen-bond donors (Lipinski definition) is 1. The summed E-state index contributed by atoms with van der Waals surface area (Å²) < 4.78 is 92.3. The van der Waals surface area contributed by atoms with Crippen molar-refractivity contribution in [2.45, 2.75) is 19.0 Å². The van der Waals surface area contributed by atoms with Crippen molar-refractivity contribution in [1.29, 1.82) is 0 Å². The van der Waals surface area contributed by atoms with Crippen LogP contribution in [-0.2, 0) is 19.0 Å². The average Bonchev–Trinajstić information content (AvgIpc) is 2.96. The van der Waals surface area contributed by atoms with Crippen LogP contribution in [0, 0.1) is 0 Å². The van der Waals surface area contributed by atoms with Gasteiger partial charge in [0.25, 0.3) is 0 Å². The van der Waals surface area contributed by atoms with Crippen molar-refractivity contribution in [2.75, 3.05) is 12.4 Å². The van der Waals surface area contributed by atoms with E-state index in [0.29, 0.717) is 12.3 Å². The average molecular weight is 428 g/mol. The summed E-state index contributed by atoms with van der Waals surface area (Å²) in [5.41, 5.74) is -3.31. The van der Waals surface area contributed by atoms with E-state index < -0.39 is 46.4 Å². The largest absolute Gasteiger partial charge is 0.434 e. The summed E-state index contributed by atoms with van der Waals surface area (Å²) >= 11 is 5.87. The number of nitrogens with one attached hydrogen (secondary N) is 1. The second-order valence-electron chi connectivity index (χ2n) is 5.53. The van der Waals surface area contributed by atoms with E-state index in [2.05, 4.69) is 20.4 Å². The molecule has 5 nitrogen and oxygen atoms in total. The van der Waals surface area contributed by atoms with Crippen LogP contribution >= 0.6 is 11.6 Å². The lowest BCUT2D eigenvalue weighted by Crippen LogP contribution is -2.12. The Morgan fingerprint density at radius 2 is 1.79 bits per heavy atom. The zero-order valence-electron chi connectivity index (χ0n) is 13.8. The number of halogens is 8. The fourth-order valence-electron chi connectivity index (χ4n) is 2.56. The summed E-state index contributed by atoms with van der Waals surface area (Å²) in [7, 11) is 1.27. The lowest BCUT2D eigenvalue weighted by Gasteiger charge is -2.12. The van der Waals surface area contributed by atoms with Gasteiger partial charge in [-0.2, -0.15) is 36.1 Å². The molecule has 150 valence electrons. The molecule has 0 spiro atoms. The zero-order chi connectivity index (χ0) is 20.9. The first-order chi connectivity index (χ1) is 13.0. The predicted octanol–water partition coefficient (Wildman–Crippen LogP) is 5.02. The Labute approximate surface area is 157 Å². The second-order valence-corrected chi connectivity index (χ2v) is 5.93. The van der Waals surface area contributed by atoms with Gasteiger partial charge in [0, 0.05) is 13.2 Å². The van der Waals surface area contributed by atoms with Crippen molar-refractivity contribution < 1.29 is 30.7 Å². The van der Waals surface area contributed by atoms with Crippen LogP contribution in [0.3, 0.4) is 0 Å². The maximum atomic E-state index is 13.4. The first-order valence-corrected chi connectivity index (χ1v) is 7.81. The number of hydrogen-bond acceptors (Lipinski definition) is 4. The molecule has 0 saturated heterocycles. The van der Waals surface area contributed by atoms with Gasteiger partial charge in [0.2, 0.25) is 0 Å². The van der Waals surface area contributed by atoms with Crippen LogP contribution in [0.5, 0.6) is 0 Å². The molecular formula is C15H9ClF7N5. The topological polar surface area (TPSA) is 55.6 Å². The number of aromatic nitrogens is 4. The molecule has 0 radical (unpaired) electrons. The number of anilines is 1. The molecule has 28 heavy (non-hydrogen) atoms. The van der Waals surface area contributed by atoms with Crippen molar-refractivity contribution in [3.8, 4) is 5.82 Å². The van der Waals surface area contributed by atoms with E-state index in [1.54, 1.807) is 0 Å². The fourth-order valence-corrected chi connectivity index (χ4v) is 2.80. The normalized spacial score (nSPS) is 12.6. The van der Waals surface area contributed by atoms with E-state index in [1.165, 1.54) is 7.05 Å². The Morgan fingerprint density at radius 1 is 1.11 bits per heavy atom. The summed E-state index contributed by atoms with van der Waals surface area (Å²) in [5.74, 6) is -0.612. The molecule has 3 heterocycles. The monoisotopic (exact) mass is 427 g/mol. The lowest BCUT2D eigenvalue weighted by atomic mass is 10.2. The maximum absolute atomic E-state index is 13.4. The molecule has 0 aliphatic carbocycles. The van der Waals surface area contributed by atoms with E-state index in [1.807, 2.05) is 0 Å². The standard InChI is InChI=1S/C15H9ClF7N5/c1-24-13-10-9(3-7(4-17)26-11(10)15(21,22)23)27-28(13)12-8(16)2-6(5-25-12)14(18,19)20/h2-3,5,24H,4H2,1H3. The van der Waals surface area contributed by atoms with Crippen molar-refractivity contribution in [3.63, 3.8) is 0 Å². The highest BCUT2D eigenvalue weighted by atomic mass is 35.5. The Balaban J connectivity index is 2.32. The molecule has 0 atom stereocenters. The van der Waals surface area contributed by atoms with E-state index in [4.69, 9.17) is 11.6 Å². The van der Waals surface area contributed by atoms with E-state index in [-0.39, 0.29) is 17.2 Å². The van der Waals surface area contributed by atoms with Gasteiger partial charge in [0.05, 0.1) is 27.2 Å². The van der Waals surface area contributed by atoms with Gasteiger partial charge in [-0.15, -0.1) is 0 Å². The van der Waals surface area contributed by atoms with Crippen molar-refractivity contribution in [2.24, 2.45) is 0 Å². The zero-order valence-corrected chi connectivity index (χ0v) is 14.5. The van der Waals surface area contributed by atoms with Crippen LogP contribution in [0.15, 0.2) is 18.3 Å². The van der Waals surface area contributed by atoms with Gasteiger partial charge in [-0.3, -0.25) is 0 Å². The highest BCUT2D eigenvalue weighted by molar-refractivity contribution is 6.32.